The fourth-order valence-electron chi connectivity index (χ4n) is 0.660. The molecule has 1 saturated heterocycles. The summed E-state index contributed by atoms with van der Waals surface area (Å²) in [6.07, 6.45) is 0. The molecular formula is C6H12S2Te. The van der Waals surface area contributed by atoms with E-state index in [1.165, 1.54) is 23.0 Å². The molecule has 0 bridgehead atoms. The fraction of sp³-hybridized carbons (Fsp3) is 1.00. The van der Waals surface area contributed by atoms with Gasteiger partial charge < -0.3 is 0 Å². The van der Waals surface area contributed by atoms with Crippen LogP contribution in [0.5, 0.6) is 0 Å². The van der Waals surface area contributed by atoms with E-state index in [4.69, 9.17) is 0 Å². The molecule has 0 aromatic heterocycles. The van der Waals surface area contributed by atoms with E-state index in [9.17, 15) is 0 Å². The van der Waals surface area contributed by atoms with Gasteiger partial charge in [0.2, 0.25) is 0 Å². The van der Waals surface area contributed by atoms with Crippen molar-refractivity contribution >= 4 is 44.4 Å². The van der Waals surface area contributed by atoms with E-state index in [1.807, 2.05) is 0 Å². The Morgan fingerprint density at radius 3 is 1.89 bits per heavy atom. The summed E-state index contributed by atoms with van der Waals surface area (Å²) < 4.78 is 3.16. The summed E-state index contributed by atoms with van der Waals surface area (Å²) in [5.41, 5.74) is 0. The third kappa shape index (κ3) is 4.84. The summed E-state index contributed by atoms with van der Waals surface area (Å²) >= 11 is 4.76. The zero-order valence-corrected chi connectivity index (χ0v) is 9.43. The second-order valence-corrected chi connectivity index (χ2v) is 7.78. The minimum atomic E-state index is 0.456. The SMILES string of the molecule is C1CSCC[Te]CCS1. The molecule has 0 atom stereocenters. The van der Waals surface area contributed by atoms with E-state index in [1.54, 1.807) is 8.94 Å². The Balaban J connectivity index is 2.02. The summed E-state index contributed by atoms with van der Waals surface area (Å²) in [7, 11) is 0. The van der Waals surface area contributed by atoms with E-state index in [0.717, 1.165) is 0 Å². The fourth-order valence-corrected chi connectivity index (χ4v) is 7.10. The number of hydrogen-bond donors (Lipinski definition) is 0. The van der Waals surface area contributed by atoms with Gasteiger partial charge in [-0.2, -0.15) is 0 Å². The minimum absolute atomic E-state index is 0.456. The zero-order chi connectivity index (χ0) is 6.36. The Morgan fingerprint density at radius 1 is 0.778 bits per heavy atom. The molecule has 1 rings (SSSR count). The van der Waals surface area contributed by atoms with E-state index < -0.39 is 0 Å². The van der Waals surface area contributed by atoms with Crippen LogP contribution in [-0.4, -0.2) is 43.9 Å². The van der Waals surface area contributed by atoms with Gasteiger partial charge in [0.1, 0.15) is 0 Å². The molecule has 0 amide bonds. The third-order valence-corrected chi connectivity index (χ3v) is 7.77. The van der Waals surface area contributed by atoms with Crippen LogP contribution >= 0.6 is 23.5 Å². The maximum absolute atomic E-state index is 2.15. The summed E-state index contributed by atoms with van der Waals surface area (Å²) in [6, 6.07) is 0. The molecule has 0 saturated carbocycles. The third-order valence-electron chi connectivity index (χ3n) is 1.12. The van der Waals surface area contributed by atoms with Crippen LogP contribution in [0, 0.1) is 0 Å². The molecule has 9 heavy (non-hydrogen) atoms. The van der Waals surface area contributed by atoms with E-state index in [-0.39, 0.29) is 0 Å². The predicted molar refractivity (Wildman–Crippen MR) is 50.0 cm³/mol. The molecule has 3 heteroatoms. The first-order chi connectivity index (χ1) is 4.50. The van der Waals surface area contributed by atoms with E-state index in [2.05, 4.69) is 23.5 Å². The van der Waals surface area contributed by atoms with Crippen molar-refractivity contribution in [1.29, 1.82) is 0 Å². The van der Waals surface area contributed by atoms with Crippen molar-refractivity contribution in [2.45, 2.75) is 8.94 Å². The molecule has 54 valence electrons. The van der Waals surface area contributed by atoms with Gasteiger partial charge in [0.15, 0.2) is 0 Å². The molecule has 0 unspecified atom stereocenters. The Hall–Kier alpha value is 1.49. The molecule has 0 spiro atoms. The van der Waals surface area contributed by atoms with Gasteiger partial charge in [-0.3, -0.25) is 0 Å². The first kappa shape index (κ1) is 8.58. The van der Waals surface area contributed by atoms with Gasteiger partial charge >= 0.3 is 76.4 Å². The predicted octanol–water partition coefficient (Wildman–Crippen LogP) is 2.01. The summed E-state index contributed by atoms with van der Waals surface area (Å²) in [5, 5.41) is 0. The van der Waals surface area contributed by atoms with Gasteiger partial charge in [-0.05, 0) is 0 Å². The standard InChI is InChI=1S/C6H12S2Te/c1-2-8-4-6-9-5-3-7-1/h1-6H2. The van der Waals surface area contributed by atoms with E-state index >= 15 is 0 Å². The van der Waals surface area contributed by atoms with Crippen molar-refractivity contribution in [1.82, 2.24) is 0 Å². The van der Waals surface area contributed by atoms with Crippen LogP contribution in [0.15, 0.2) is 0 Å². The van der Waals surface area contributed by atoms with Crippen molar-refractivity contribution in [2.75, 3.05) is 23.0 Å². The topological polar surface area (TPSA) is 0 Å². The zero-order valence-electron chi connectivity index (χ0n) is 5.47. The molecule has 0 nitrogen and oxygen atoms in total. The molecule has 1 heterocycles. The van der Waals surface area contributed by atoms with Crippen LogP contribution in [0.25, 0.3) is 0 Å². The second-order valence-electron chi connectivity index (χ2n) is 1.84. The van der Waals surface area contributed by atoms with Crippen LogP contribution in [0.2, 0.25) is 8.94 Å². The first-order valence-corrected chi connectivity index (χ1v) is 8.84. The number of hydrogen-bond acceptors (Lipinski definition) is 2. The average molecular weight is 276 g/mol. The molecular weight excluding hydrogens is 264 g/mol. The van der Waals surface area contributed by atoms with Gasteiger partial charge in [0.05, 0.1) is 0 Å². The van der Waals surface area contributed by atoms with E-state index in [0.29, 0.717) is 20.9 Å². The van der Waals surface area contributed by atoms with Gasteiger partial charge in [0, 0.05) is 0 Å². The Kier molecular flexibility index (Phi) is 5.93. The summed E-state index contributed by atoms with van der Waals surface area (Å²) in [6.45, 7) is 0. The molecule has 1 aliphatic heterocycles. The average Bonchev–Trinajstić information content (AvgIpc) is 2.00. The molecule has 1 fully saturated rings. The van der Waals surface area contributed by atoms with Crippen molar-refractivity contribution in [3.05, 3.63) is 0 Å². The van der Waals surface area contributed by atoms with Crippen LogP contribution < -0.4 is 0 Å². The maximum atomic E-state index is 2.15. The Morgan fingerprint density at radius 2 is 1.33 bits per heavy atom. The van der Waals surface area contributed by atoms with Crippen molar-refractivity contribution < 1.29 is 0 Å². The molecule has 0 aromatic rings. The molecule has 0 N–H and O–H groups in total. The quantitative estimate of drug-likeness (QED) is 0.621. The Labute approximate surface area is 76.0 Å². The molecule has 0 aromatic carbocycles. The van der Waals surface area contributed by atoms with Crippen LogP contribution in [0.3, 0.4) is 0 Å². The van der Waals surface area contributed by atoms with Crippen molar-refractivity contribution in [2.24, 2.45) is 0 Å². The molecule has 0 radical (unpaired) electrons. The van der Waals surface area contributed by atoms with Crippen molar-refractivity contribution in [3.8, 4) is 0 Å². The van der Waals surface area contributed by atoms with Gasteiger partial charge in [-0.15, -0.1) is 0 Å². The second kappa shape index (κ2) is 6.22. The Bertz CT molecular complexity index is 39.5. The monoisotopic (exact) mass is 278 g/mol. The first-order valence-electron chi connectivity index (χ1n) is 3.23. The molecule has 0 aliphatic carbocycles. The summed E-state index contributed by atoms with van der Waals surface area (Å²) in [5.74, 6) is 5.72. The normalized spacial score (nSPS) is 24.0. The molecule has 1 aliphatic rings. The van der Waals surface area contributed by atoms with Crippen LogP contribution in [0.1, 0.15) is 0 Å². The van der Waals surface area contributed by atoms with Crippen LogP contribution in [-0.2, 0) is 0 Å². The number of thioether (sulfide) groups is 2. The van der Waals surface area contributed by atoms with Gasteiger partial charge in [-0.25, -0.2) is 0 Å². The van der Waals surface area contributed by atoms with Crippen LogP contribution in [0.4, 0.5) is 0 Å². The summed E-state index contributed by atoms with van der Waals surface area (Å²) in [4.78, 5) is 0. The van der Waals surface area contributed by atoms with Crippen molar-refractivity contribution in [3.63, 3.8) is 0 Å². The number of rotatable bonds is 0. The van der Waals surface area contributed by atoms with Gasteiger partial charge in [0.25, 0.3) is 0 Å². The van der Waals surface area contributed by atoms with Gasteiger partial charge in [-0.1, -0.05) is 0 Å².